The molecule has 1 aromatic heterocycles. The summed E-state index contributed by atoms with van der Waals surface area (Å²) in [5.74, 6) is 1.56. The van der Waals surface area contributed by atoms with Gasteiger partial charge in [0.1, 0.15) is 0 Å². The van der Waals surface area contributed by atoms with Gasteiger partial charge in [-0.2, -0.15) is 5.10 Å². The number of likely N-dealkylation sites (tertiary alicyclic amines) is 1. The molecule has 1 aromatic rings. The number of nitrogens with zero attached hydrogens (tertiary/aromatic N) is 3. The Morgan fingerprint density at radius 1 is 1.50 bits per heavy atom. The van der Waals surface area contributed by atoms with Crippen molar-refractivity contribution >= 4 is 0 Å². The molecular formula is C14H26N4. The molecule has 0 bridgehead atoms. The van der Waals surface area contributed by atoms with Gasteiger partial charge >= 0.3 is 0 Å². The Bertz CT molecular complexity index is 358. The Hall–Kier alpha value is -0.870. The Balaban J connectivity index is 1.68. The van der Waals surface area contributed by atoms with Gasteiger partial charge in [0.25, 0.3) is 0 Å². The number of rotatable bonds is 6. The summed E-state index contributed by atoms with van der Waals surface area (Å²) in [6, 6.07) is 2.12. The maximum absolute atomic E-state index is 4.44. The predicted molar refractivity (Wildman–Crippen MR) is 74.3 cm³/mol. The molecule has 18 heavy (non-hydrogen) atoms. The van der Waals surface area contributed by atoms with Crippen LogP contribution in [0, 0.1) is 11.8 Å². The van der Waals surface area contributed by atoms with Crippen LogP contribution >= 0.6 is 0 Å². The SMILES string of the molecule is CC(C)CNCC1CCN(Cc2ccn(C)n2)C1. The van der Waals surface area contributed by atoms with E-state index in [0.717, 1.165) is 31.5 Å². The van der Waals surface area contributed by atoms with E-state index < -0.39 is 0 Å². The zero-order valence-corrected chi connectivity index (χ0v) is 11.9. The van der Waals surface area contributed by atoms with Gasteiger partial charge in [-0.15, -0.1) is 0 Å². The average Bonchev–Trinajstić information content (AvgIpc) is 2.89. The molecule has 1 saturated heterocycles. The van der Waals surface area contributed by atoms with Crippen LogP contribution in [0.5, 0.6) is 0 Å². The fourth-order valence-corrected chi connectivity index (χ4v) is 2.58. The molecule has 0 aliphatic carbocycles. The van der Waals surface area contributed by atoms with Crippen LogP contribution in [0.3, 0.4) is 0 Å². The second kappa shape index (κ2) is 6.34. The van der Waals surface area contributed by atoms with Crippen molar-refractivity contribution in [1.82, 2.24) is 20.0 Å². The van der Waals surface area contributed by atoms with Crippen LogP contribution in [0.4, 0.5) is 0 Å². The Morgan fingerprint density at radius 2 is 2.33 bits per heavy atom. The molecule has 0 spiro atoms. The van der Waals surface area contributed by atoms with Gasteiger partial charge in [-0.25, -0.2) is 0 Å². The highest BCUT2D eigenvalue weighted by molar-refractivity contribution is 4.99. The molecule has 0 amide bonds. The zero-order chi connectivity index (χ0) is 13.0. The van der Waals surface area contributed by atoms with Crippen molar-refractivity contribution in [2.24, 2.45) is 18.9 Å². The van der Waals surface area contributed by atoms with E-state index in [1.54, 1.807) is 0 Å². The van der Waals surface area contributed by atoms with Crippen molar-refractivity contribution in [3.8, 4) is 0 Å². The summed E-state index contributed by atoms with van der Waals surface area (Å²) in [5, 5.41) is 8.01. The third-order valence-electron chi connectivity index (χ3n) is 3.51. The van der Waals surface area contributed by atoms with E-state index in [1.165, 1.54) is 25.2 Å². The number of nitrogens with one attached hydrogen (secondary N) is 1. The van der Waals surface area contributed by atoms with Crippen LogP contribution in [-0.2, 0) is 13.6 Å². The van der Waals surface area contributed by atoms with Gasteiger partial charge in [0.15, 0.2) is 0 Å². The molecule has 4 nitrogen and oxygen atoms in total. The minimum absolute atomic E-state index is 0.746. The van der Waals surface area contributed by atoms with Gasteiger partial charge in [0, 0.05) is 26.3 Å². The van der Waals surface area contributed by atoms with E-state index in [1.807, 2.05) is 17.9 Å². The van der Waals surface area contributed by atoms with Crippen LogP contribution < -0.4 is 5.32 Å². The van der Waals surface area contributed by atoms with E-state index in [2.05, 4.69) is 35.2 Å². The standard InChI is InChI=1S/C14H26N4/c1-12(2)8-15-9-13-4-7-18(10-13)11-14-5-6-17(3)16-14/h5-6,12-13,15H,4,7-11H2,1-3H3. The Kier molecular flexibility index (Phi) is 4.78. The zero-order valence-electron chi connectivity index (χ0n) is 11.9. The van der Waals surface area contributed by atoms with Crippen LogP contribution in [0.2, 0.25) is 0 Å². The minimum atomic E-state index is 0.746. The molecule has 0 aromatic carbocycles. The van der Waals surface area contributed by atoms with Crippen molar-refractivity contribution in [3.05, 3.63) is 18.0 Å². The second-order valence-electron chi connectivity index (χ2n) is 5.92. The largest absolute Gasteiger partial charge is 0.316 e. The maximum atomic E-state index is 4.44. The number of aryl methyl sites for hydroxylation is 1. The molecule has 1 aliphatic heterocycles. The summed E-state index contributed by atoms with van der Waals surface area (Å²) in [6.45, 7) is 10.2. The second-order valence-corrected chi connectivity index (χ2v) is 5.92. The topological polar surface area (TPSA) is 33.1 Å². The molecule has 102 valence electrons. The molecule has 2 rings (SSSR count). The fraction of sp³-hybridized carbons (Fsp3) is 0.786. The summed E-state index contributed by atoms with van der Waals surface area (Å²) in [6.07, 6.45) is 3.34. The molecule has 1 atom stereocenters. The average molecular weight is 250 g/mol. The lowest BCUT2D eigenvalue weighted by Crippen LogP contribution is -2.28. The van der Waals surface area contributed by atoms with E-state index in [9.17, 15) is 0 Å². The van der Waals surface area contributed by atoms with E-state index >= 15 is 0 Å². The number of hydrogen-bond donors (Lipinski definition) is 1. The molecule has 2 heterocycles. The first kappa shape index (κ1) is 13.6. The summed E-state index contributed by atoms with van der Waals surface area (Å²) in [7, 11) is 1.98. The van der Waals surface area contributed by atoms with Crippen molar-refractivity contribution in [1.29, 1.82) is 0 Å². The Morgan fingerprint density at radius 3 is 3.00 bits per heavy atom. The molecule has 4 heteroatoms. The third-order valence-corrected chi connectivity index (χ3v) is 3.51. The number of hydrogen-bond acceptors (Lipinski definition) is 3. The monoisotopic (exact) mass is 250 g/mol. The minimum Gasteiger partial charge on any atom is -0.316 e. The van der Waals surface area contributed by atoms with Gasteiger partial charge in [-0.1, -0.05) is 13.8 Å². The van der Waals surface area contributed by atoms with Crippen molar-refractivity contribution in [3.63, 3.8) is 0 Å². The predicted octanol–water partition coefficient (Wildman–Crippen LogP) is 1.49. The van der Waals surface area contributed by atoms with Gasteiger partial charge in [-0.05, 0) is 44.0 Å². The highest BCUT2D eigenvalue weighted by atomic mass is 15.3. The van der Waals surface area contributed by atoms with Crippen LogP contribution in [0.1, 0.15) is 26.0 Å². The lowest BCUT2D eigenvalue weighted by Gasteiger charge is -2.15. The van der Waals surface area contributed by atoms with Crippen LogP contribution in [-0.4, -0.2) is 40.9 Å². The molecule has 1 N–H and O–H groups in total. The lowest BCUT2D eigenvalue weighted by molar-refractivity contribution is 0.309. The van der Waals surface area contributed by atoms with Crippen molar-refractivity contribution in [2.45, 2.75) is 26.8 Å². The van der Waals surface area contributed by atoms with E-state index in [0.29, 0.717) is 0 Å². The molecule has 0 radical (unpaired) electrons. The Labute approximate surface area is 110 Å². The summed E-state index contributed by atoms with van der Waals surface area (Å²) >= 11 is 0. The number of aromatic nitrogens is 2. The lowest BCUT2D eigenvalue weighted by atomic mass is 10.1. The first-order valence-electron chi connectivity index (χ1n) is 7.05. The molecule has 0 saturated carbocycles. The summed E-state index contributed by atoms with van der Waals surface area (Å²) < 4.78 is 1.88. The normalized spacial score (nSPS) is 21.0. The highest BCUT2D eigenvalue weighted by Crippen LogP contribution is 2.17. The smallest absolute Gasteiger partial charge is 0.0764 e. The summed E-state index contributed by atoms with van der Waals surface area (Å²) in [5.41, 5.74) is 1.19. The fourth-order valence-electron chi connectivity index (χ4n) is 2.58. The molecular weight excluding hydrogens is 224 g/mol. The van der Waals surface area contributed by atoms with Gasteiger partial charge < -0.3 is 5.32 Å². The maximum Gasteiger partial charge on any atom is 0.0764 e. The van der Waals surface area contributed by atoms with E-state index in [-0.39, 0.29) is 0 Å². The van der Waals surface area contributed by atoms with Gasteiger partial charge in [0.2, 0.25) is 0 Å². The van der Waals surface area contributed by atoms with Crippen LogP contribution in [0.25, 0.3) is 0 Å². The molecule has 1 unspecified atom stereocenters. The van der Waals surface area contributed by atoms with E-state index in [4.69, 9.17) is 0 Å². The first-order valence-corrected chi connectivity index (χ1v) is 7.05. The quantitative estimate of drug-likeness (QED) is 0.830. The van der Waals surface area contributed by atoms with Gasteiger partial charge in [0.05, 0.1) is 5.69 Å². The molecule has 1 fully saturated rings. The molecule has 1 aliphatic rings. The summed E-state index contributed by atoms with van der Waals surface area (Å²) in [4.78, 5) is 2.52. The first-order chi connectivity index (χ1) is 8.63. The van der Waals surface area contributed by atoms with Crippen molar-refractivity contribution in [2.75, 3.05) is 26.2 Å². The third kappa shape index (κ3) is 4.10. The highest BCUT2D eigenvalue weighted by Gasteiger charge is 2.22. The van der Waals surface area contributed by atoms with Crippen molar-refractivity contribution < 1.29 is 0 Å². The van der Waals surface area contributed by atoms with Crippen LogP contribution in [0.15, 0.2) is 12.3 Å². The van der Waals surface area contributed by atoms with Gasteiger partial charge in [-0.3, -0.25) is 9.58 Å².